The van der Waals surface area contributed by atoms with Gasteiger partial charge in [0.05, 0.1) is 53.2 Å². The first-order chi connectivity index (χ1) is 22.4. The molecule has 0 saturated heterocycles. The van der Waals surface area contributed by atoms with Gasteiger partial charge in [-0.25, -0.2) is 14.3 Å². The molecule has 5 heterocycles. The summed E-state index contributed by atoms with van der Waals surface area (Å²) in [5.41, 5.74) is 0.859. The number of hydrogen-bond acceptors (Lipinski definition) is 7. The Morgan fingerprint density at radius 2 is 1.87 bits per heavy atom. The van der Waals surface area contributed by atoms with E-state index < -0.39 is 35.9 Å². The number of nitrogens with zero attached hydrogens (tertiary/aromatic N) is 8. The number of halogens is 5. The Kier molecular flexibility index (Phi) is 8.42. The highest BCUT2D eigenvalue weighted by Gasteiger charge is 2.35. The monoisotopic (exact) mass is 653 g/mol. The molecule has 1 aliphatic heterocycles. The van der Waals surface area contributed by atoms with Crippen LogP contribution in [0.25, 0.3) is 28.2 Å². The van der Waals surface area contributed by atoms with Crippen LogP contribution in [0.5, 0.6) is 0 Å². The van der Waals surface area contributed by atoms with E-state index in [1.54, 1.807) is 31.2 Å². The van der Waals surface area contributed by atoms with Crippen molar-refractivity contribution in [1.82, 2.24) is 39.3 Å². The largest absolute Gasteiger partial charge is 0.436 e. The molecule has 11 nitrogen and oxygen atoms in total. The van der Waals surface area contributed by atoms with E-state index in [2.05, 4.69) is 30.7 Å². The zero-order valence-corrected chi connectivity index (χ0v) is 25.1. The van der Waals surface area contributed by atoms with Gasteiger partial charge in [-0.1, -0.05) is 31.5 Å². The minimum atomic E-state index is -4.69. The lowest BCUT2D eigenvalue weighted by Crippen LogP contribution is -2.27. The number of benzene rings is 1. The average Bonchev–Trinajstić information content (AvgIpc) is 3.71. The van der Waals surface area contributed by atoms with E-state index in [1.165, 1.54) is 35.4 Å². The lowest BCUT2D eigenvalue weighted by molar-refractivity contribution is -0.141. The van der Waals surface area contributed by atoms with Crippen molar-refractivity contribution in [2.75, 3.05) is 5.32 Å². The number of rotatable bonds is 5. The van der Waals surface area contributed by atoms with Crippen LogP contribution in [0.1, 0.15) is 62.7 Å². The Morgan fingerprint density at radius 3 is 2.57 bits per heavy atom. The summed E-state index contributed by atoms with van der Waals surface area (Å²) in [4.78, 5) is 35.7. The van der Waals surface area contributed by atoms with Crippen LogP contribution in [-0.4, -0.2) is 45.2 Å². The first-order valence-electron chi connectivity index (χ1n) is 14.8. The van der Waals surface area contributed by atoms with Crippen molar-refractivity contribution in [2.24, 2.45) is 5.92 Å². The third-order valence-corrected chi connectivity index (χ3v) is 8.14. The standard InChI is InChI=1S/C31H28F5N9O2/c1-3-18-7-8-24(44-15-26(41-42-44)31(34,35)36)20(11-18)21-13-27(46)43(16-38-21)25-6-4-5-17(2)29(47)40-23-14-39-45(30(32)33)28(23)19-9-10-37-22(25)12-19/h7-17,25,30H,3-6H2,1-2H3,(H,40,47). The van der Waals surface area contributed by atoms with Crippen LogP contribution < -0.4 is 10.9 Å². The summed E-state index contributed by atoms with van der Waals surface area (Å²) in [6.45, 7) is 0.650. The molecule has 244 valence electrons. The topological polar surface area (TPSA) is 125 Å². The van der Waals surface area contributed by atoms with Crippen molar-refractivity contribution in [3.05, 3.63) is 88.6 Å². The highest BCUT2D eigenvalue weighted by atomic mass is 19.4. The zero-order chi connectivity index (χ0) is 33.5. The average molecular weight is 654 g/mol. The van der Waals surface area contributed by atoms with E-state index in [1.807, 2.05) is 6.92 Å². The van der Waals surface area contributed by atoms with Crippen molar-refractivity contribution in [3.8, 4) is 28.2 Å². The number of fused-ring (bicyclic) bond motifs is 4. The Bertz CT molecular complexity index is 2000. The number of alkyl halides is 5. The predicted octanol–water partition coefficient (Wildman–Crippen LogP) is 6.07. The normalized spacial score (nSPS) is 17.1. The van der Waals surface area contributed by atoms with Crippen LogP contribution in [0, 0.1) is 5.92 Å². The first kappa shape index (κ1) is 31.7. The second-order valence-electron chi connectivity index (χ2n) is 11.2. The van der Waals surface area contributed by atoms with Crippen LogP contribution in [0.4, 0.5) is 27.6 Å². The molecule has 2 bridgehead atoms. The molecule has 1 amide bonds. The van der Waals surface area contributed by atoms with Crippen molar-refractivity contribution in [1.29, 1.82) is 0 Å². The van der Waals surface area contributed by atoms with Crippen LogP contribution in [0.3, 0.4) is 0 Å². The molecule has 2 unspecified atom stereocenters. The number of carbonyl (C=O) groups is 1. The lowest BCUT2D eigenvalue weighted by Gasteiger charge is -2.22. The molecular weight excluding hydrogens is 625 g/mol. The molecule has 0 saturated carbocycles. The van der Waals surface area contributed by atoms with Gasteiger partial charge < -0.3 is 5.32 Å². The van der Waals surface area contributed by atoms with Crippen molar-refractivity contribution in [3.63, 3.8) is 0 Å². The number of pyridine rings is 1. The molecule has 1 N–H and O–H groups in total. The molecule has 0 fully saturated rings. The van der Waals surface area contributed by atoms with Gasteiger partial charge in [0.15, 0.2) is 5.69 Å². The summed E-state index contributed by atoms with van der Waals surface area (Å²) in [7, 11) is 0. The maximum absolute atomic E-state index is 14.0. The number of aryl methyl sites for hydroxylation is 1. The summed E-state index contributed by atoms with van der Waals surface area (Å²) in [6, 6.07) is 8.75. The predicted molar refractivity (Wildman–Crippen MR) is 160 cm³/mol. The fraction of sp³-hybridized carbons (Fsp3) is 0.323. The van der Waals surface area contributed by atoms with Crippen LogP contribution in [-0.2, 0) is 17.4 Å². The smallest absolute Gasteiger partial charge is 0.323 e. The highest BCUT2D eigenvalue weighted by molar-refractivity contribution is 5.95. The zero-order valence-electron chi connectivity index (χ0n) is 25.1. The van der Waals surface area contributed by atoms with Gasteiger partial charge in [0.2, 0.25) is 5.91 Å². The minimum Gasteiger partial charge on any atom is -0.323 e. The number of carbonyl (C=O) groups excluding carboxylic acids is 1. The number of hydrogen-bond donors (Lipinski definition) is 1. The van der Waals surface area contributed by atoms with E-state index in [0.29, 0.717) is 47.2 Å². The van der Waals surface area contributed by atoms with Gasteiger partial charge in [0, 0.05) is 29.3 Å². The minimum absolute atomic E-state index is 0.00512. The molecule has 16 heteroatoms. The van der Waals surface area contributed by atoms with Gasteiger partial charge in [-0.05, 0) is 49.1 Å². The van der Waals surface area contributed by atoms with Gasteiger partial charge >= 0.3 is 12.7 Å². The molecular formula is C31H28F5N9O2. The second-order valence-corrected chi connectivity index (χ2v) is 11.2. The third kappa shape index (κ3) is 6.26. The fourth-order valence-electron chi connectivity index (χ4n) is 5.61. The van der Waals surface area contributed by atoms with Gasteiger partial charge in [-0.15, -0.1) is 5.10 Å². The number of aromatic nitrogens is 8. The van der Waals surface area contributed by atoms with Crippen molar-refractivity contribution >= 4 is 11.6 Å². The number of amides is 1. The molecule has 1 aliphatic rings. The Hall–Kier alpha value is -5.28. The first-order valence-corrected chi connectivity index (χ1v) is 14.8. The van der Waals surface area contributed by atoms with E-state index in [9.17, 15) is 31.5 Å². The SMILES string of the molecule is CCc1ccc(-n2cc(C(F)(F)F)nn2)c(-c2cc(=O)n(C3CCCC(C)C(=O)Nc4cnn(C(F)F)c4-c4ccnc3c4)cn2)c1. The molecule has 0 radical (unpaired) electrons. The molecule has 5 aromatic rings. The maximum atomic E-state index is 14.0. The van der Waals surface area contributed by atoms with Gasteiger partial charge in [-0.2, -0.15) is 27.1 Å². The summed E-state index contributed by atoms with van der Waals surface area (Å²) in [5.74, 6) is -0.824. The van der Waals surface area contributed by atoms with Gasteiger partial charge in [-0.3, -0.25) is 19.1 Å². The second kappa shape index (κ2) is 12.5. The summed E-state index contributed by atoms with van der Waals surface area (Å²) >= 11 is 0. The fourth-order valence-corrected chi connectivity index (χ4v) is 5.61. The highest BCUT2D eigenvalue weighted by Crippen LogP contribution is 2.35. The van der Waals surface area contributed by atoms with Crippen molar-refractivity contribution < 1.29 is 26.7 Å². The molecule has 6 rings (SSSR count). The van der Waals surface area contributed by atoms with Crippen LogP contribution >= 0.6 is 0 Å². The van der Waals surface area contributed by atoms with Crippen molar-refractivity contribution in [2.45, 2.75) is 58.3 Å². The number of anilines is 1. The third-order valence-electron chi connectivity index (χ3n) is 8.14. The molecule has 1 aromatic carbocycles. The van der Waals surface area contributed by atoms with Gasteiger partial charge in [0.1, 0.15) is 0 Å². The molecule has 2 atom stereocenters. The summed E-state index contributed by atoms with van der Waals surface area (Å²) < 4.78 is 70.6. The summed E-state index contributed by atoms with van der Waals surface area (Å²) in [6.07, 6.45) is 1.94. The van der Waals surface area contributed by atoms with E-state index in [0.717, 1.165) is 16.4 Å². The quantitative estimate of drug-likeness (QED) is 0.228. The maximum Gasteiger partial charge on any atom is 0.436 e. The number of nitrogens with one attached hydrogen (secondary N) is 1. The van der Waals surface area contributed by atoms with E-state index >= 15 is 0 Å². The van der Waals surface area contributed by atoms with Crippen LogP contribution in [0.15, 0.2) is 66.1 Å². The Labute approximate surface area is 264 Å². The van der Waals surface area contributed by atoms with Gasteiger partial charge in [0.25, 0.3) is 5.56 Å². The Balaban J connectivity index is 1.44. The van der Waals surface area contributed by atoms with E-state index in [4.69, 9.17) is 0 Å². The molecule has 4 aromatic heterocycles. The molecule has 0 spiro atoms. The Morgan fingerprint density at radius 1 is 1.06 bits per heavy atom. The summed E-state index contributed by atoms with van der Waals surface area (Å²) in [5, 5.41) is 13.4. The lowest BCUT2D eigenvalue weighted by atomic mass is 9.97. The molecule has 0 aliphatic carbocycles. The van der Waals surface area contributed by atoms with Crippen LogP contribution in [0.2, 0.25) is 0 Å². The van der Waals surface area contributed by atoms with E-state index in [-0.39, 0.29) is 28.7 Å². The molecule has 47 heavy (non-hydrogen) atoms.